The summed E-state index contributed by atoms with van der Waals surface area (Å²) in [4.78, 5) is 0. The van der Waals surface area contributed by atoms with Crippen LogP contribution in [0.3, 0.4) is 0 Å². The maximum absolute atomic E-state index is 6.17. The summed E-state index contributed by atoms with van der Waals surface area (Å²) in [6.45, 7) is 0. The molecule has 0 amide bonds. The van der Waals surface area contributed by atoms with Crippen molar-refractivity contribution in [3.8, 4) is 11.1 Å². The summed E-state index contributed by atoms with van der Waals surface area (Å²) in [6, 6.07) is 14.1. The van der Waals surface area contributed by atoms with Crippen LogP contribution in [-0.4, -0.2) is 0 Å². The molecule has 2 N–H and O–H groups in total. The lowest BCUT2D eigenvalue weighted by Crippen LogP contribution is -2.08. The van der Waals surface area contributed by atoms with Crippen LogP contribution in [0.15, 0.2) is 42.5 Å². The summed E-state index contributed by atoms with van der Waals surface area (Å²) in [5.74, 6) is 0. The van der Waals surface area contributed by atoms with Gasteiger partial charge in [-0.15, -0.1) is 0 Å². The third-order valence-electron chi connectivity index (χ3n) is 2.95. The molecule has 0 spiro atoms. The van der Waals surface area contributed by atoms with E-state index in [1.54, 1.807) is 0 Å². The van der Waals surface area contributed by atoms with Crippen LogP contribution in [0.1, 0.15) is 17.2 Å². The van der Waals surface area contributed by atoms with Crippen molar-refractivity contribution in [2.24, 2.45) is 5.73 Å². The van der Waals surface area contributed by atoms with Crippen LogP contribution < -0.4 is 5.73 Å². The number of benzene rings is 2. The Morgan fingerprint density at radius 2 is 1.67 bits per heavy atom. The van der Waals surface area contributed by atoms with E-state index in [9.17, 15) is 0 Å². The van der Waals surface area contributed by atoms with E-state index in [-0.39, 0.29) is 6.04 Å². The maximum atomic E-state index is 6.17. The molecule has 1 nitrogen and oxygen atoms in total. The Bertz CT molecular complexity index is 534. The molecule has 74 valence electrons. The van der Waals surface area contributed by atoms with Crippen molar-refractivity contribution in [3.63, 3.8) is 0 Å². The van der Waals surface area contributed by atoms with Crippen LogP contribution >= 0.6 is 11.6 Å². The fourth-order valence-electron chi connectivity index (χ4n) is 2.26. The molecular weight excluding hydrogens is 206 g/mol. The molecule has 0 heterocycles. The molecule has 3 rings (SSSR count). The molecule has 1 atom stereocenters. The molecule has 0 bridgehead atoms. The normalized spacial score (nSPS) is 17.3. The predicted octanol–water partition coefficient (Wildman–Crippen LogP) is 3.37. The molecular formula is C13H10ClN. The molecule has 1 unspecified atom stereocenters. The van der Waals surface area contributed by atoms with Gasteiger partial charge in [0.05, 0.1) is 6.04 Å². The zero-order valence-electron chi connectivity index (χ0n) is 8.07. The smallest absolute Gasteiger partial charge is 0.0578 e. The molecule has 1 aliphatic carbocycles. The van der Waals surface area contributed by atoms with Gasteiger partial charge in [0.25, 0.3) is 0 Å². The minimum absolute atomic E-state index is 0.0788. The van der Waals surface area contributed by atoms with E-state index < -0.39 is 0 Å². The first-order valence-electron chi connectivity index (χ1n) is 4.92. The van der Waals surface area contributed by atoms with Gasteiger partial charge >= 0.3 is 0 Å². The van der Waals surface area contributed by atoms with Gasteiger partial charge < -0.3 is 5.73 Å². The van der Waals surface area contributed by atoms with Crippen molar-refractivity contribution in [1.29, 1.82) is 0 Å². The zero-order valence-corrected chi connectivity index (χ0v) is 8.83. The molecule has 0 radical (unpaired) electrons. The average Bonchev–Trinajstić information content (AvgIpc) is 2.55. The Balaban J connectivity index is 2.37. The topological polar surface area (TPSA) is 26.0 Å². The van der Waals surface area contributed by atoms with Gasteiger partial charge in [0.2, 0.25) is 0 Å². The highest BCUT2D eigenvalue weighted by molar-refractivity contribution is 6.32. The number of rotatable bonds is 0. The molecule has 0 aromatic heterocycles. The molecule has 2 heteroatoms. The summed E-state index contributed by atoms with van der Waals surface area (Å²) < 4.78 is 0. The molecule has 0 saturated heterocycles. The second-order valence-electron chi connectivity index (χ2n) is 3.77. The summed E-state index contributed by atoms with van der Waals surface area (Å²) in [7, 11) is 0. The van der Waals surface area contributed by atoms with Crippen LogP contribution in [0.25, 0.3) is 11.1 Å². The Morgan fingerprint density at radius 3 is 2.53 bits per heavy atom. The molecule has 15 heavy (non-hydrogen) atoms. The van der Waals surface area contributed by atoms with E-state index in [1.165, 1.54) is 16.7 Å². The van der Waals surface area contributed by atoms with Crippen LogP contribution in [-0.2, 0) is 0 Å². The minimum atomic E-state index is -0.0788. The zero-order chi connectivity index (χ0) is 10.4. The number of fused-ring (bicyclic) bond motifs is 3. The Hall–Kier alpha value is -1.31. The van der Waals surface area contributed by atoms with E-state index in [1.807, 2.05) is 24.3 Å². The summed E-state index contributed by atoms with van der Waals surface area (Å²) >= 11 is 6.17. The number of hydrogen-bond acceptors (Lipinski definition) is 1. The number of nitrogens with two attached hydrogens (primary N) is 1. The van der Waals surface area contributed by atoms with E-state index in [0.717, 1.165) is 10.6 Å². The molecule has 1 aliphatic rings. The average molecular weight is 216 g/mol. The summed E-state index contributed by atoms with van der Waals surface area (Å²) in [6.07, 6.45) is 0. The van der Waals surface area contributed by atoms with Crippen molar-refractivity contribution in [1.82, 2.24) is 0 Å². The third kappa shape index (κ3) is 1.14. The maximum Gasteiger partial charge on any atom is 0.0578 e. The van der Waals surface area contributed by atoms with Gasteiger partial charge in [0.1, 0.15) is 0 Å². The second kappa shape index (κ2) is 3.09. The van der Waals surface area contributed by atoms with Crippen molar-refractivity contribution < 1.29 is 0 Å². The first kappa shape index (κ1) is 8.96. The highest BCUT2D eigenvalue weighted by atomic mass is 35.5. The molecule has 0 saturated carbocycles. The number of halogens is 1. The standard InChI is InChI=1S/C13H10ClN/c14-11-7-3-6-9-8-4-1-2-5-10(8)13(15)12(9)11/h1-7,13H,15H2. The molecule has 0 aliphatic heterocycles. The van der Waals surface area contributed by atoms with Gasteiger partial charge in [0, 0.05) is 5.02 Å². The van der Waals surface area contributed by atoms with Crippen LogP contribution in [0, 0.1) is 0 Å². The largest absolute Gasteiger partial charge is 0.320 e. The highest BCUT2D eigenvalue weighted by Crippen LogP contribution is 2.44. The van der Waals surface area contributed by atoms with Crippen molar-refractivity contribution in [3.05, 3.63) is 58.6 Å². The van der Waals surface area contributed by atoms with Crippen molar-refractivity contribution in [2.75, 3.05) is 0 Å². The Kier molecular flexibility index (Phi) is 1.84. The Morgan fingerprint density at radius 1 is 0.933 bits per heavy atom. The molecule has 2 aromatic rings. The summed E-state index contributed by atoms with van der Waals surface area (Å²) in [5, 5.41) is 0.760. The highest BCUT2D eigenvalue weighted by Gasteiger charge is 2.26. The lowest BCUT2D eigenvalue weighted by atomic mass is 10.1. The van der Waals surface area contributed by atoms with Gasteiger partial charge in [-0.2, -0.15) is 0 Å². The van der Waals surface area contributed by atoms with Gasteiger partial charge in [-0.05, 0) is 28.3 Å². The van der Waals surface area contributed by atoms with E-state index in [4.69, 9.17) is 17.3 Å². The van der Waals surface area contributed by atoms with E-state index in [2.05, 4.69) is 18.2 Å². The van der Waals surface area contributed by atoms with E-state index in [0.29, 0.717) is 0 Å². The second-order valence-corrected chi connectivity index (χ2v) is 4.17. The first-order chi connectivity index (χ1) is 7.29. The third-order valence-corrected chi connectivity index (χ3v) is 3.28. The summed E-state index contributed by atoms with van der Waals surface area (Å²) in [5.41, 5.74) is 10.8. The van der Waals surface area contributed by atoms with Crippen molar-refractivity contribution in [2.45, 2.75) is 6.04 Å². The van der Waals surface area contributed by atoms with Crippen LogP contribution in [0.5, 0.6) is 0 Å². The number of hydrogen-bond donors (Lipinski definition) is 1. The lowest BCUT2D eigenvalue weighted by Gasteiger charge is -2.07. The predicted molar refractivity (Wildman–Crippen MR) is 62.9 cm³/mol. The van der Waals surface area contributed by atoms with Gasteiger partial charge in [-0.25, -0.2) is 0 Å². The minimum Gasteiger partial charge on any atom is -0.320 e. The van der Waals surface area contributed by atoms with Crippen LogP contribution in [0.4, 0.5) is 0 Å². The first-order valence-corrected chi connectivity index (χ1v) is 5.30. The fourth-order valence-corrected chi connectivity index (χ4v) is 2.55. The fraction of sp³-hybridized carbons (Fsp3) is 0.0769. The molecule has 0 fully saturated rings. The van der Waals surface area contributed by atoms with Gasteiger partial charge in [-0.3, -0.25) is 0 Å². The van der Waals surface area contributed by atoms with Gasteiger partial charge in [-0.1, -0.05) is 48.0 Å². The monoisotopic (exact) mass is 215 g/mol. The van der Waals surface area contributed by atoms with E-state index >= 15 is 0 Å². The molecule has 2 aromatic carbocycles. The van der Waals surface area contributed by atoms with Gasteiger partial charge in [0.15, 0.2) is 0 Å². The quantitative estimate of drug-likeness (QED) is 0.717. The Labute approximate surface area is 93.5 Å². The lowest BCUT2D eigenvalue weighted by molar-refractivity contribution is 0.901. The SMILES string of the molecule is NC1c2ccccc2-c2cccc(Cl)c21. The van der Waals surface area contributed by atoms with Crippen LogP contribution in [0.2, 0.25) is 5.02 Å². The van der Waals surface area contributed by atoms with Crippen molar-refractivity contribution >= 4 is 11.6 Å².